The maximum absolute atomic E-state index is 10.2. The lowest BCUT2D eigenvalue weighted by Crippen LogP contribution is -2.10. The van der Waals surface area contributed by atoms with Crippen LogP contribution in [0.2, 0.25) is 0 Å². The molecule has 0 spiro atoms. The number of H-pyrrole nitrogens is 1. The van der Waals surface area contributed by atoms with Gasteiger partial charge in [0.05, 0.1) is 0 Å². The van der Waals surface area contributed by atoms with Crippen LogP contribution in [0.4, 0.5) is 5.82 Å². The number of nitrogens with one attached hydrogen (secondary N) is 1. The Kier molecular flexibility index (Phi) is 4.94. The van der Waals surface area contributed by atoms with E-state index in [0.29, 0.717) is 0 Å². The molecule has 8 heteroatoms. The zero-order valence-corrected chi connectivity index (χ0v) is 6.89. The fourth-order valence-electron chi connectivity index (χ4n) is 0.385. The molecule has 0 bridgehead atoms. The topological polar surface area (TPSA) is 129 Å². The number of nitrogens with zero attached hydrogens (tertiary/aromatic N) is 1. The van der Waals surface area contributed by atoms with Gasteiger partial charge in [-0.05, 0) is 6.07 Å². The highest BCUT2D eigenvalue weighted by Crippen LogP contribution is 1.98. The molecule has 7 nitrogen and oxygen atoms in total. The molecule has 0 aliphatic carbocycles. The van der Waals surface area contributed by atoms with Crippen molar-refractivity contribution in [3.05, 3.63) is 22.7 Å². The zero-order valence-electron chi connectivity index (χ0n) is 5.89. The summed E-state index contributed by atoms with van der Waals surface area (Å²) in [5, 5.41) is 0. The van der Waals surface area contributed by atoms with Gasteiger partial charge in [-0.2, -0.15) is 4.98 Å². The van der Waals surface area contributed by atoms with Crippen LogP contribution in [0.15, 0.2) is 17.1 Å². The lowest BCUT2D eigenvalue weighted by Gasteiger charge is -1.83. The molecular formula is C4H8N3O4P. The summed E-state index contributed by atoms with van der Waals surface area (Å²) >= 11 is 0. The minimum atomic E-state index is -3.13. The Morgan fingerprint density at radius 3 is 2.33 bits per heavy atom. The van der Waals surface area contributed by atoms with Gasteiger partial charge < -0.3 is 20.5 Å². The van der Waals surface area contributed by atoms with Gasteiger partial charge in [0.15, 0.2) is 0 Å². The number of aromatic amines is 1. The first-order valence-corrected chi connectivity index (χ1v) is 4.05. The molecule has 0 unspecified atom stereocenters. The fourth-order valence-corrected chi connectivity index (χ4v) is 0.385. The van der Waals surface area contributed by atoms with Crippen LogP contribution in [-0.4, -0.2) is 19.8 Å². The van der Waals surface area contributed by atoms with Crippen LogP contribution in [0.5, 0.6) is 0 Å². The first-order valence-electron chi connectivity index (χ1n) is 2.75. The largest absolute Gasteiger partial charge is 0.383 e. The van der Waals surface area contributed by atoms with Gasteiger partial charge in [-0.3, -0.25) is 4.57 Å². The Hall–Kier alpha value is -1.17. The summed E-state index contributed by atoms with van der Waals surface area (Å²) < 4.78 is 8.74. The van der Waals surface area contributed by atoms with Crippen LogP contribution in [0.3, 0.4) is 0 Å². The van der Waals surface area contributed by atoms with E-state index in [9.17, 15) is 4.79 Å². The smallest absolute Gasteiger partial charge is 0.346 e. The fraction of sp³-hybridized carbons (Fsp3) is 0. The monoisotopic (exact) mass is 193 g/mol. The van der Waals surface area contributed by atoms with E-state index in [1.165, 1.54) is 12.3 Å². The molecule has 1 aromatic heterocycles. The van der Waals surface area contributed by atoms with E-state index in [2.05, 4.69) is 9.97 Å². The van der Waals surface area contributed by atoms with Crippen LogP contribution in [0.25, 0.3) is 0 Å². The number of nitrogens with two attached hydrogens (primary N) is 1. The number of aromatic nitrogens is 2. The van der Waals surface area contributed by atoms with Gasteiger partial charge >= 0.3 is 13.9 Å². The summed E-state index contributed by atoms with van der Waals surface area (Å²) in [5.74, 6) is 0.244. The SMILES string of the molecule is Nc1cc[nH]c(=O)n1.O=[PH](O)O. The average Bonchev–Trinajstić information content (AvgIpc) is 1.84. The third-order valence-electron chi connectivity index (χ3n) is 0.692. The number of hydrogen-bond donors (Lipinski definition) is 4. The van der Waals surface area contributed by atoms with Crippen molar-refractivity contribution in [2.45, 2.75) is 0 Å². The van der Waals surface area contributed by atoms with Crippen molar-refractivity contribution in [1.29, 1.82) is 0 Å². The Labute approximate surface area is 67.8 Å². The molecule has 0 saturated carbocycles. The minimum Gasteiger partial charge on any atom is -0.383 e. The van der Waals surface area contributed by atoms with Crippen molar-refractivity contribution in [1.82, 2.24) is 9.97 Å². The highest BCUT2D eigenvalue weighted by Gasteiger charge is 1.81. The standard InChI is InChI=1S/C4H5N3O.H3O3P/c5-3-1-2-6-4(8)7-3;1-4(2)3/h1-2H,(H3,5,6,7,8);4H,(H2,1,2,3). The first-order chi connectivity index (χ1) is 5.52. The second-order valence-electron chi connectivity index (χ2n) is 1.60. The summed E-state index contributed by atoms with van der Waals surface area (Å²) in [6.45, 7) is 0. The highest BCUT2D eigenvalue weighted by molar-refractivity contribution is 7.30. The normalized spacial score (nSPS) is 8.92. The lowest BCUT2D eigenvalue weighted by atomic mass is 10.6. The summed E-state index contributed by atoms with van der Waals surface area (Å²) in [5.41, 5.74) is 4.72. The van der Waals surface area contributed by atoms with Crippen LogP contribution in [0.1, 0.15) is 0 Å². The molecule has 68 valence electrons. The molecule has 0 fully saturated rings. The van der Waals surface area contributed by atoms with Crippen LogP contribution in [-0.2, 0) is 4.57 Å². The average molecular weight is 193 g/mol. The lowest BCUT2D eigenvalue weighted by molar-refractivity contribution is 0.405. The van der Waals surface area contributed by atoms with Gasteiger partial charge in [0.25, 0.3) is 0 Å². The van der Waals surface area contributed by atoms with Gasteiger partial charge in [0.1, 0.15) is 5.82 Å². The third-order valence-corrected chi connectivity index (χ3v) is 0.692. The Morgan fingerprint density at radius 1 is 1.58 bits per heavy atom. The maximum atomic E-state index is 10.2. The molecule has 0 amide bonds. The molecule has 0 atom stereocenters. The van der Waals surface area contributed by atoms with Gasteiger partial charge in [0, 0.05) is 6.20 Å². The van der Waals surface area contributed by atoms with E-state index < -0.39 is 13.9 Å². The summed E-state index contributed by atoms with van der Waals surface area (Å²) in [4.78, 5) is 30.2. The van der Waals surface area contributed by atoms with E-state index in [0.717, 1.165) is 0 Å². The number of anilines is 1. The van der Waals surface area contributed by atoms with E-state index in [4.69, 9.17) is 20.1 Å². The summed E-state index contributed by atoms with van der Waals surface area (Å²) in [7, 11) is -3.13. The number of hydrogen-bond acceptors (Lipinski definition) is 4. The van der Waals surface area contributed by atoms with Gasteiger partial charge in [-0.1, -0.05) is 0 Å². The molecule has 0 saturated heterocycles. The predicted octanol–water partition coefficient (Wildman–Crippen LogP) is -1.29. The first kappa shape index (κ1) is 10.8. The van der Waals surface area contributed by atoms with Gasteiger partial charge in [-0.25, -0.2) is 4.79 Å². The van der Waals surface area contributed by atoms with Crippen molar-refractivity contribution in [3.63, 3.8) is 0 Å². The summed E-state index contributed by atoms with van der Waals surface area (Å²) in [6.07, 6.45) is 1.45. The number of nitrogen functional groups attached to an aromatic ring is 1. The molecule has 0 radical (unpaired) electrons. The molecule has 12 heavy (non-hydrogen) atoms. The highest BCUT2D eigenvalue weighted by atomic mass is 31.1. The number of rotatable bonds is 0. The minimum absolute atomic E-state index is 0.244. The van der Waals surface area contributed by atoms with Crippen molar-refractivity contribution in [2.75, 3.05) is 5.73 Å². The van der Waals surface area contributed by atoms with Crippen LogP contribution >= 0.6 is 8.25 Å². The Bertz CT molecular complexity index is 307. The van der Waals surface area contributed by atoms with E-state index in [-0.39, 0.29) is 5.82 Å². The van der Waals surface area contributed by atoms with Crippen molar-refractivity contribution in [2.24, 2.45) is 0 Å². The van der Waals surface area contributed by atoms with Crippen LogP contribution in [0, 0.1) is 0 Å². The molecule has 1 aromatic rings. The molecular weight excluding hydrogens is 185 g/mol. The Morgan fingerprint density at radius 2 is 2.08 bits per heavy atom. The van der Waals surface area contributed by atoms with Crippen molar-refractivity contribution in [3.8, 4) is 0 Å². The quantitative estimate of drug-likeness (QED) is 0.379. The van der Waals surface area contributed by atoms with Crippen LogP contribution < -0.4 is 11.4 Å². The second-order valence-corrected chi connectivity index (χ2v) is 2.17. The predicted molar refractivity (Wildman–Crippen MR) is 42.7 cm³/mol. The Balaban J connectivity index is 0.000000261. The second kappa shape index (κ2) is 5.48. The molecule has 1 heterocycles. The van der Waals surface area contributed by atoms with E-state index in [1.807, 2.05) is 0 Å². The molecule has 0 aromatic carbocycles. The third kappa shape index (κ3) is 6.94. The van der Waals surface area contributed by atoms with Crippen molar-refractivity contribution >= 4 is 14.1 Å². The van der Waals surface area contributed by atoms with E-state index in [1.54, 1.807) is 0 Å². The molecule has 0 aliphatic heterocycles. The molecule has 1 rings (SSSR count). The zero-order chi connectivity index (χ0) is 9.56. The van der Waals surface area contributed by atoms with Crippen molar-refractivity contribution < 1.29 is 14.4 Å². The maximum Gasteiger partial charge on any atom is 0.346 e. The summed E-state index contributed by atoms with van der Waals surface area (Å²) in [6, 6.07) is 1.52. The molecule has 5 N–H and O–H groups in total. The van der Waals surface area contributed by atoms with Gasteiger partial charge in [-0.15, -0.1) is 0 Å². The van der Waals surface area contributed by atoms with E-state index >= 15 is 0 Å². The molecule has 0 aliphatic rings. The van der Waals surface area contributed by atoms with Gasteiger partial charge in [0.2, 0.25) is 0 Å².